The van der Waals surface area contributed by atoms with E-state index in [1.807, 2.05) is 38.1 Å². The Morgan fingerprint density at radius 1 is 1.12 bits per heavy atom. The molecule has 3 aromatic rings. The second-order valence-electron chi connectivity index (χ2n) is 7.18. The van der Waals surface area contributed by atoms with Crippen LogP contribution in [0.1, 0.15) is 32.7 Å². The molecule has 166 valence electrons. The topological polar surface area (TPSA) is 90.6 Å². The standard InChI is InChI=1S/C24H23ClN2O5/c1-15-4-6-17(7-5-15)13-27-24(25)19(16(2)26-27)9-10-20(28)18-8-11-21(22(12-18)31-3)32-14-23(29)30/h4-12H,13-14H2,1-3H3,(H,29,30)/b10-9+. The summed E-state index contributed by atoms with van der Waals surface area (Å²) in [5, 5.41) is 13.7. The summed E-state index contributed by atoms with van der Waals surface area (Å²) in [5.41, 5.74) is 3.99. The molecule has 0 amide bonds. The molecule has 32 heavy (non-hydrogen) atoms. The van der Waals surface area contributed by atoms with E-state index in [0.29, 0.717) is 28.5 Å². The predicted octanol–water partition coefficient (Wildman–Crippen LogP) is 4.57. The Bertz CT molecular complexity index is 1170. The predicted molar refractivity (Wildman–Crippen MR) is 122 cm³/mol. The minimum absolute atomic E-state index is 0.242. The van der Waals surface area contributed by atoms with Crippen molar-refractivity contribution in [3.8, 4) is 11.5 Å². The summed E-state index contributed by atoms with van der Waals surface area (Å²) in [5.74, 6) is -0.863. The van der Waals surface area contributed by atoms with Crippen molar-refractivity contribution in [3.63, 3.8) is 0 Å². The monoisotopic (exact) mass is 454 g/mol. The third-order valence-electron chi connectivity index (χ3n) is 4.76. The molecule has 0 bridgehead atoms. The Kier molecular flexibility index (Phi) is 7.33. The number of allylic oxidation sites excluding steroid dienone is 1. The molecule has 1 N–H and O–H groups in total. The molecule has 1 aromatic heterocycles. The number of rotatable bonds is 9. The van der Waals surface area contributed by atoms with Crippen LogP contribution in [0.4, 0.5) is 0 Å². The van der Waals surface area contributed by atoms with Gasteiger partial charge in [0.2, 0.25) is 0 Å². The van der Waals surface area contributed by atoms with Crippen molar-refractivity contribution in [3.05, 3.63) is 81.6 Å². The highest BCUT2D eigenvalue weighted by atomic mass is 35.5. The maximum Gasteiger partial charge on any atom is 0.341 e. The normalized spacial score (nSPS) is 11.0. The largest absolute Gasteiger partial charge is 0.493 e. The zero-order valence-corrected chi connectivity index (χ0v) is 18.7. The molecule has 0 saturated carbocycles. The summed E-state index contributed by atoms with van der Waals surface area (Å²) in [6.07, 6.45) is 3.05. The minimum atomic E-state index is -1.11. The number of halogens is 1. The Balaban J connectivity index is 1.77. The number of aromatic nitrogens is 2. The van der Waals surface area contributed by atoms with E-state index in [-0.39, 0.29) is 17.3 Å². The lowest BCUT2D eigenvalue weighted by Crippen LogP contribution is -2.10. The molecule has 0 atom stereocenters. The zero-order valence-electron chi connectivity index (χ0n) is 18.0. The van der Waals surface area contributed by atoms with E-state index in [9.17, 15) is 9.59 Å². The van der Waals surface area contributed by atoms with Gasteiger partial charge in [-0.25, -0.2) is 9.48 Å². The van der Waals surface area contributed by atoms with Crippen LogP contribution in [0.25, 0.3) is 6.08 Å². The molecule has 1 heterocycles. The van der Waals surface area contributed by atoms with E-state index in [4.69, 9.17) is 26.2 Å². The lowest BCUT2D eigenvalue weighted by molar-refractivity contribution is -0.139. The quantitative estimate of drug-likeness (QED) is 0.376. The molecule has 0 fully saturated rings. The van der Waals surface area contributed by atoms with Crippen LogP contribution < -0.4 is 9.47 Å². The fourth-order valence-electron chi connectivity index (χ4n) is 3.06. The summed E-state index contributed by atoms with van der Waals surface area (Å²) in [7, 11) is 1.42. The molecule has 0 aliphatic heterocycles. The smallest absolute Gasteiger partial charge is 0.341 e. The van der Waals surface area contributed by atoms with E-state index >= 15 is 0 Å². The lowest BCUT2D eigenvalue weighted by Gasteiger charge is -2.09. The van der Waals surface area contributed by atoms with E-state index in [1.54, 1.807) is 16.8 Å². The van der Waals surface area contributed by atoms with E-state index in [1.165, 1.54) is 30.9 Å². The maximum atomic E-state index is 12.7. The van der Waals surface area contributed by atoms with Crippen molar-refractivity contribution in [1.82, 2.24) is 9.78 Å². The number of methoxy groups -OCH3 is 1. The number of carbonyl (C=O) groups is 2. The van der Waals surface area contributed by atoms with Gasteiger partial charge in [0.25, 0.3) is 0 Å². The summed E-state index contributed by atoms with van der Waals surface area (Å²) < 4.78 is 12.1. The Morgan fingerprint density at radius 3 is 2.50 bits per heavy atom. The number of aliphatic carboxylic acids is 1. The lowest BCUT2D eigenvalue weighted by atomic mass is 10.1. The molecule has 0 radical (unpaired) electrons. The van der Waals surface area contributed by atoms with Crippen LogP contribution in [0.5, 0.6) is 11.5 Å². The van der Waals surface area contributed by atoms with Gasteiger partial charge in [0, 0.05) is 11.1 Å². The summed E-state index contributed by atoms with van der Waals surface area (Å²) >= 11 is 6.52. The highest BCUT2D eigenvalue weighted by Crippen LogP contribution is 2.29. The van der Waals surface area contributed by atoms with Gasteiger partial charge < -0.3 is 14.6 Å². The van der Waals surface area contributed by atoms with E-state index in [0.717, 1.165) is 5.56 Å². The van der Waals surface area contributed by atoms with Gasteiger partial charge in [0.1, 0.15) is 5.15 Å². The molecule has 7 nitrogen and oxygen atoms in total. The van der Waals surface area contributed by atoms with Gasteiger partial charge in [-0.2, -0.15) is 5.10 Å². The van der Waals surface area contributed by atoms with Crippen molar-refractivity contribution in [2.24, 2.45) is 0 Å². The van der Waals surface area contributed by atoms with Crippen molar-refractivity contribution in [2.45, 2.75) is 20.4 Å². The third-order valence-corrected chi connectivity index (χ3v) is 5.16. The molecule has 0 spiro atoms. The van der Waals surface area contributed by atoms with Crippen LogP contribution >= 0.6 is 11.6 Å². The van der Waals surface area contributed by atoms with Crippen LogP contribution in [-0.4, -0.2) is 40.4 Å². The fraction of sp³-hybridized carbons (Fsp3) is 0.208. The average Bonchev–Trinajstić information content (AvgIpc) is 3.04. The Hall–Kier alpha value is -3.58. The number of carboxylic acids is 1. The SMILES string of the molecule is COc1cc(C(=O)/C=C/c2c(C)nn(Cc3ccc(C)cc3)c2Cl)ccc1OCC(=O)O. The second kappa shape index (κ2) is 10.2. The van der Waals surface area contributed by atoms with Gasteiger partial charge in [0.15, 0.2) is 23.9 Å². The molecule has 2 aromatic carbocycles. The number of carboxylic acid groups (broad SMARTS) is 1. The average molecular weight is 455 g/mol. The van der Waals surface area contributed by atoms with E-state index in [2.05, 4.69) is 5.10 Å². The van der Waals surface area contributed by atoms with Crippen molar-refractivity contribution >= 4 is 29.4 Å². The molecule has 0 aliphatic rings. The van der Waals surface area contributed by atoms with Crippen LogP contribution in [0, 0.1) is 13.8 Å². The zero-order chi connectivity index (χ0) is 23.3. The van der Waals surface area contributed by atoms with Gasteiger partial charge in [-0.15, -0.1) is 0 Å². The first-order valence-electron chi connectivity index (χ1n) is 9.82. The Morgan fingerprint density at radius 2 is 1.84 bits per heavy atom. The van der Waals surface area contributed by atoms with Crippen molar-refractivity contribution in [1.29, 1.82) is 0 Å². The minimum Gasteiger partial charge on any atom is -0.493 e. The third kappa shape index (κ3) is 5.56. The van der Waals surface area contributed by atoms with Gasteiger partial charge >= 0.3 is 5.97 Å². The molecule has 0 aliphatic carbocycles. The number of benzene rings is 2. The summed E-state index contributed by atoms with van der Waals surface area (Å²) in [6.45, 7) is 3.88. The van der Waals surface area contributed by atoms with Gasteiger partial charge in [-0.3, -0.25) is 4.79 Å². The number of hydrogen-bond donors (Lipinski definition) is 1. The maximum absolute atomic E-state index is 12.7. The number of aryl methyl sites for hydroxylation is 2. The molecular formula is C24H23ClN2O5. The Labute approximate surface area is 190 Å². The molecule has 0 saturated heterocycles. The molecule has 3 rings (SSSR count). The van der Waals surface area contributed by atoms with Crippen LogP contribution in [0.3, 0.4) is 0 Å². The van der Waals surface area contributed by atoms with Gasteiger partial charge in [-0.05, 0) is 49.8 Å². The van der Waals surface area contributed by atoms with E-state index < -0.39 is 12.6 Å². The van der Waals surface area contributed by atoms with Crippen molar-refractivity contribution < 1.29 is 24.2 Å². The number of ether oxygens (including phenoxy) is 2. The first-order valence-corrected chi connectivity index (χ1v) is 10.2. The number of nitrogens with zero attached hydrogens (tertiary/aromatic N) is 2. The van der Waals surface area contributed by atoms with Crippen LogP contribution in [0.2, 0.25) is 5.15 Å². The highest BCUT2D eigenvalue weighted by molar-refractivity contribution is 6.31. The first kappa shape index (κ1) is 23.1. The summed E-state index contributed by atoms with van der Waals surface area (Å²) in [4.78, 5) is 23.4. The molecular weight excluding hydrogens is 432 g/mol. The molecule has 0 unspecified atom stereocenters. The number of ketones is 1. The molecule has 8 heteroatoms. The van der Waals surface area contributed by atoms with Crippen LogP contribution in [-0.2, 0) is 11.3 Å². The van der Waals surface area contributed by atoms with Crippen LogP contribution in [0.15, 0.2) is 48.5 Å². The first-order chi connectivity index (χ1) is 15.3. The number of hydrogen-bond acceptors (Lipinski definition) is 5. The van der Waals surface area contributed by atoms with Crippen molar-refractivity contribution in [2.75, 3.05) is 13.7 Å². The highest BCUT2D eigenvalue weighted by Gasteiger charge is 2.14. The second-order valence-corrected chi connectivity index (χ2v) is 7.54. The van der Waals surface area contributed by atoms with Gasteiger partial charge in [0.05, 0.1) is 19.3 Å². The fourth-order valence-corrected chi connectivity index (χ4v) is 3.36. The summed E-state index contributed by atoms with van der Waals surface area (Å²) in [6, 6.07) is 12.7. The number of carbonyl (C=O) groups excluding carboxylic acids is 1. The van der Waals surface area contributed by atoms with Gasteiger partial charge in [-0.1, -0.05) is 41.4 Å².